The number of fused-ring (bicyclic) bond motifs is 2. The van der Waals surface area contributed by atoms with E-state index in [0.29, 0.717) is 12.0 Å². The molecular weight excluding hydrogens is 390 g/mol. The van der Waals surface area contributed by atoms with Crippen LogP contribution < -0.4 is 10.6 Å². The van der Waals surface area contributed by atoms with Crippen LogP contribution in [0.2, 0.25) is 0 Å². The zero-order chi connectivity index (χ0) is 21.4. The van der Waals surface area contributed by atoms with Crippen LogP contribution in [-0.4, -0.2) is 42.6 Å². The van der Waals surface area contributed by atoms with Crippen molar-refractivity contribution in [2.24, 2.45) is 0 Å². The average molecular weight is 416 g/mol. The van der Waals surface area contributed by atoms with Gasteiger partial charge in [-0.25, -0.2) is 4.98 Å². The van der Waals surface area contributed by atoms with Gasteiger partial charge < -0.3 is 15.6 Å². The molecule has 0 saturated heterocycles. The SMILES string of the molecule is CC(=O)NC1(C)CCC(Nc2ncc3c(-c4ccc5nnccc5c4)c[nH]c3n2)CC1. The third kappa shape index (κ3) is 3.93. The molecule has 5 rings (SSSR count). The number of H-pyrrole nitrogens is 1. The number of amides is 1. The van der Waals surface area contributed by atoms with Gasteiger partial charge in [0.1, 0.15) is 5.65 Å². The van der Waals surface area contributed by atoms with Gasteiger partial charge in [-0.05, 0) is 56.4 Å². The number of benzene rings is 1. The van der Waals surface area contributed by atoms with Crippen LogP contribution in [0, 0.1) is 0 Å². The summed E-state index contributed by atoms with van der Waals surface area (Å²) < 4.78 is 0. The lowest BCUT2D eigenvalue weighted by Crippen LogP contribution is -2.49. The molecule has 31 heavy (non-hydrogen) atoms. The maximum absolute atomic E-state index is 11.4. The first kappa shape index (κ1) is 19.4. The van der Waals surface area contributed by atoms with Crippen LogP contribution in [-0.2, 0) is 4.79 Å². The van der Waals surface area contributed by atoms with Crippen LogP contribution in [0.1, 0.15) is 39.5 Å². The highest BCUT2D eigenvalue weighted by Crippen LogP contribution is 2.31. The van der Waals surface area contributed by atoms with Gasteiger partial charge in [0.25, 0.3) is 0 Å². The molecule has 1 aliphatic carbocycles. The van der Waals surface area contributed by atoms with Gasteiger partial charge in [-0.1, -0.05) is 6.07 Å². The number of rotatable bonds is 4. The van der Waals surface area contributed by atoms with Crippen molar-refractivity contribution in [3.63, 3.8) is 0 Å². The quantitative estimate of drug-likeness (QED) is 0.468. The summed E-state index contributed by atoms with van der Waals surface area (Å²) in [7, 11) is 0. The Hall–Kier alpha value is -3.55. The van der Waals surface area contributed by atoms with E-state index in [0.717, 1.165) is 58.7 Å². The molecule has 1 amide bonds. The van der Waals surface area contributed by atoms with Crippen molar-refractivity contribution in [3.05, 3.63) is 42.9 Å². The van der Waals surface area contributed by atoms with E-state index in [1.807, 2.05) is 30.6 Å². The minimum atomic E-state index is -0.116. The molecule has 0 unspecified atom stereocenters. The minimum absolute atomic E-state index is 0.0320. The first-order valence-electron chi connectivity index (χ1n) is 10.6. The second-order valence-corrected chi connectivity index (χ2v) is 8.62. The Kier molecular flexibility index (Phi) is 4.77. The number of aromatic amines is 1. The number of nitrogens with zero attached hydrogens (tertiary/aromatic N) is 4. The van der Waals surface area contributed by atoms with E-state index >= 15 is 0 Å². The van der Waals surface area contributed by atoms with E-state index < -0.39 is 0 Å². The van der Waals surface area contributed by atoms with E-state index in [-0.39, 0.29) is 11.4 Å². The molecule has 8 heteroatoms. The number of hydrogen-bond acceptors (Lipinski definition) is 6. The number of aromatic nitrogens is 5. The predicted molar refractivity (Wildman–Crippen MR) is 121 cm³/mol. The molecule has 0 atom stereocenters. The molecule has 0 aliphatic heterocycles. The molecule has 1 saturated carbocycles. The van der Waals surface area contributed by atoms with Crippen LogP contribution in [0.4, 0.5) is 5.95 Å². The van der Waals surface area contributed by atoms with Gasteiger partial charge in [0.2, 0.25) is 11.9 Å². The maximum Gasteiger partial charge on any atom is 0.224 e. The third-order valence-corrected chi connectivity index (χ3v) is 6.16. The monoisotopic (exact) mass is 415 g/mol. The summed E-state index contributed by atoms with van der Waals surface area (Å²) in [6, 6.07) is 8.38. The fourth-order valence-electron chi connectivity index (χ4n) is 4.50. The normalized spacial score (nSPS) is 21.3. The fourth-order valence-corrected chi connectivity index (χ4v) is 4.50. The van der Waals surface area contributed by atoms with Gasteiger partial charge in [-0.2, -0.15) is 15.2 Å². The van der Waals surface area contributed by atoms with Crippen molar-refractivity contribution in [2.45, 2.75) is 51.1 Å². The summed E-state index contributed by atoms with van der Waals surface area (Å²) in [6.45, 7) is 3.70. The Morgan fingerprint density at radius 1 is 1.23 bits per heavy atom. The smallest absolute Gasteiger partial charge is 0.224 e. The fraction of sp³-hybridized carbons (Fsp3) is 0.348. The molecule has 1 aromatic carbocycles. The topological polar surface area (TPSA) is 108 Å². The van der Waals surface area contributed by atoms with Crippen molar-refractivity contribution in [1.82, 2.24) is 30.5 Å². The van der Waals surface area contributed by atoms with Gasteiger partial charge in [0, 0.05) is 47.2 Å². The maximum atomic E-state index is 11.4. The predicted octanol–water partition coefficient (Wildman–Crippen LogP) is 3.82. The lowest BCUT2D eigenvalue weighted by Gasteiger charge is -2.38. The molecule has 3 heterocycles. The second kappa shape index (κ2) is 7.61. The lowest BCUT2D eigenvalue weighted by atomic mass is 9.81. The molecule has 3 N–H and O–H groups in total. The molecule has 4 aromatic rings. The van der Waals surface area contributed by atoms with Crippen LogP contribution in [0.25, 0.3) is 33.1 Å². The van der Waals surface area contributed by atoms with Crippen molar-refractivity contribution in [1.29, 1.82) is 0 Å². The Bertz CT molecular complexity index is 1260. The Labute approximate surface area is 179 Å². The van der Waals surface area contributed by atoms with Gasteiger partial charge in [0.05, 0.1) is 11.7 Å². The first-order valence-corrected chi connectivity index (χ1v) is 10.6. The van der Waals surface area contributed by atoms with Crippen LogP contribution in [0.5, 0.6) is 0 Å². The van der Waals surface area contributed by atoms with Crippen molar-refractivity contribution in [3.8, 4) is 11.1 Å². The molecule has 1 fully saturated rings. The van der Waals surface area contributed by atoms with E-state index in [1.165, 1.54) is 0 Å². The Balaban J connectivity index is 1.33. The van der Waals surface area contributed by atoms with Gasteiger partial charge >= 0.3 is 0 Å². The van der Waals surface area contributed by atoms with Crippen LogP contribution in [0.3, 0.4) is 0 Å². The summed E-state index contributed by atoms with van der Waals surface area (Å²) >= 11 is 0. The second-order valence-electron chi connectivity index (χ2n) is 8.62. The summed E-state index contributed by atoms with van der Waals surface area (Å²) in [4.78, 5) is 24.0. The number of hydrogen-bond donors (Lipinski definition) is 3. The average Bonchev–Trinajstić information content (AvgIpc) is 3.18. The molecule has 158 valence electrons. The van der Waals surface area contributed by atoms with Crippen molar-refractivity contribution < 1.29 is 4.79 Å². The Morgan fingerprint density at radius 2 is 2.06 bits per heavy atom. The zero-order valence-corrected chi connectivity index (χ0v) is 17.6. The van der Waals surface area contributed by atoms with Crippen molar-refractivity contribution in [2.75, 3.05) is 5.32 Å². The largest absolute Gasteiger partial charge is 0.351 e. The molecule has 0 radical (unpaired) electrons. The summed E-state index contributed by atoms with van der Waals surface area (Å²) in [5.41, 5.74) is 3.70. The zero-order valence-electron chi connectivity index (χ0n) is 17.6. The molecule has 0 spiro atoms. The van der Waals surface area contributed by atoms with Crippen molar-refractivity contribution >= 4 is 33.8 Å². The van der Waals surface area contributed by atoms with Gasteiger partial charge in [-0.3, -0.25) is 4.79 Å². The first-order chi connectivity index (χ1) is 15.0. The highest BCUT2D eigenvalue weighted by atomic mass is 16.1. The molecule has 0 bridgehead atoms. The van der Waals surface area contributed by atoms with Crippen LogP contribution in [0.15, 0.2) is 42.9 Å². The lowest BCUT2D eigenvalue weighted by molar-refractivity contribution is -0.121. The number of carbonyl (C=O) groups is 1. The van der Waals surface area contributed by atoms with E-state index in [4.69, 9.17) is 4.98 Å². The highest BCUT2D eigenvalue weighted by molar-refractivity contribution is 5.96. The van der Waals surface area contributed by atoms with E-state index in [1.54, 1.807) is 13.1 Å². The summed E-state index contributed by atoms with van der Waals surface area (Å²) in [5.74, 6) is 0.660. The van der Waals surface area contributed by atoms with E-state index in [2.05, 4.69) is 43.8 Å². The number of carbonyl (C=O) groups excluding carboxylic acids is 1. The molecule has 3 aromatic heterocycles. The Morgan fingerprint density at radius 3 is 2.87 bits per heavy atom. The highest BCUT2D eigenvalue weighted by Gasteiger charge is 2.31. The van der Waals surface area contributed by atoms with Gasteiger partial charge in [0.15, 0.2) is 0 Å². The number of anilines is 1. The minimum Gasteiger partial charge on any atom is -0.351 e. The standard InChI is InChI=1S/C23H25N7O/c1-14(31)29-23(2)8-5-17(6-9-23)27-22-25-13-19-18(12-24-21(19)28-22)15-3-4-20-16(11-15)7-10-26-30-20/h3-4,7,10-13,17H,5-6,8-9H2,1-2H3,(H,29,31)(H2,24,25,27,28). The number of nitrogens with one attached hydrogen (secondary N) is 3. The van der Waals surface area contributed by atoms with Gasteiger partial charge in [-0.15, -0.1) is 0 Å². The van der Waals surface area contributed by atoms with Crippen LogP contribution >= 0.6 is 0 Å². The molecular formula is C23H25N7O. The molecule has 8 nitrogen and oxygen atoms in total. The summed E-state index contributed by atoms with van der Waals surface area (Å²) in [6.07, 6.45) is 9.35. The van der Waals surface area contributed by atoms with E-state index in [9.17, 15) is 4.79 Å². The third-order valence-electron chi connectivity index (χ3n) is 6.16. The summed E-state index contributed by atoms with van der Waals surface area (Å²) in [5, 5.41) is 16.7. The molecule has 1 aliphatic rings.